The second-order valence-electron chi connectivity index (χ2n) is 9.09. The number of nitrogens with zero attached hydrogens (tertiary/aromatic N) is 1. The van der Waals surface area contributed by atoms with E-state index >= 15 is 0 Å². The molecule has 2 atom stereocenters. The van der Waals surface area contributed by atoms with Gasteiger partial charge >= 0.3 is 0 Å². The highest BCUT2D eigenvalue weighted by atomic mass is 16.2. The second-order valence-corrected chi connectivity index (χ2v) is 9.09. The largest absolute Gasteiger partial charge is 0.352 e. The fourth-order valence-corrected chi connectivity index (χ4v) is 3.80. The summed E-state index contributed by atoms with van der Waals surface area (Å²) in [4.78, 5) is 28.2. The van der Waals surface area contributed by atoms with Crippen LogP contribution in [-0.4, -0.2) is 28.8 Å². The summed E-state index contributed by atoms with van der Waals surface area (Å²) < 4.78 is 0. The smallest absolute Gasteiger partial charge is 0.243 e. The first-order chi connectivity index (χ1) is 15.3. The molecule has 0 saturated carbocycles. The van der Waals surface area contributed by atoms with E-state index in [0.717, 1.165) is 23.1 Å². The lowest BCUT2D eigenvalue weighted by molar-refractivity contribution is -0.141. The molecule has 0 bridgehead atoms. The molecule has 1 N–H and O–H groups in total. The van der Waals surface area contributed by atoms with Crippen LogP contribution in [0.15, 0.2) is 48.5 Å². The Kier molecular flexibility index (Phi) is 9.96. The molecule has 0 spiro atoms. The quantitative estimate of drug-likeness (QED) is 0.486. The predicted octanol–water partition coefficient (Wildman–Crippen LogP) is 5.77. The van der Waals surface area contributed by atoms with Gasteiger partial charge in [0, 0.05) is 19.0 Å². The number of carbonyl (C=O) groups is 2. The average molecular weight is 437 g/mol. The van der Waals surface area contributed by atoms with Crippen molar-refractivity contribution in [2.45, 2.75) is 91.8 Å². The highest BCUT2D eigenvalue weighted by molar-refractivity contribution is 5.88. The summed E-state index contributed by atoms with van der Waals surface area (Å²) in [5.41, 5.74) is 4.66. The van der Waals surface area contributed by atoms with Crippen molar-refractivity contribution < 1.29 is 9.59 Å². The summed E-state index contributed by atoms with van der Waals surface area (Å²) >= 11 is 0. The van der Waals surface area contributed by atoms with E-state index in [0.29, 0.717) is 31.7 Å². The van der Waals surface area contributed by atoms with Crippen LogP contribution >= 0.6 is 0 Å². The Labute approximate surface area is 194 Å². The summed E-state index contributed by atoms with van der Waals surface area (Å²) in [5, 5.41) is 3.07. The fourth-order valence-electron chi connectivity index (χ4n) is 3.80. The fraction of sp³-hybridized carbons (Fsp3) is 0.500. The van der Waals surface area contributed by atoms with Crippen LogP contribution in [0.2, 0.25) is 0 Å². The standard InChI is InChI=1S/C28H40N2O2/c1-7-22(6)29-28(32)26(8-2)30(19-25-12-10-9-11-21(25)5)27(31)18-15-23-13-16-24(17-14-23)20(3)4/h9-14,16-17,20,22,26H,7-8,15,18-19H2,1-6H3,(H,29,32)/t22-,26+/m0/s1. The molecule has 4 heteroatoms. The number of hydrogen-bond acceptors (Lipinski definition) is 2. The normalized spacial score (nSPS) is 13.0. The van der Waals surface area contributed by atoms with Crippen molar-refractivity contribution >= 4 is 11.8 Å². The average Bonchev–Trinajstić information content (AvgIpc) is 2.78. The maximum absolute atomic E-state index is 13.4. The second kappa shape index (κ2) is 12.4. The lowest BCUT2D eigenvalue weighted by Crippen LogP contribution is -2.50. The van der Waals surface area contributed by atoms with Crippen molar-refractivity contribution in [3.05, 3.63) is 70.8 Å². The first-order valence-corrected chi connectivity index (χ1v) is 12.0. The molecule has 0 aliphatic carbocycles. The van der Waals surface area contributed by atoms with Crippen molar-refractivity contribution in [2.24, 2.45) is 0 Å². The van der Waals surface area contributed by atoms with Crippen molar-refractivity contribution in [2.75, 3.05) is 0 Å². The van der Waals surface area contributed by atoms with E-state index in [4.69, 9.17) is 0 Å². The molecule has 0 unspecified atom stereocenters. The van der Waals surface area contributed by atoms with Gasteiger partial charge in [-0.15, -0.1) is 0 Å². The van der Waals surface area contributed by atoms with Gasteiger partial charge in [0.25, 0.3) is 0 Å². The van der Waals surface area contributed by atoms with Crippen molar-refractivity contribution in [3.8, 4) is 0 Å². The molecule has 2 aromatic carbocycles. The maximum Gasteiger partial charge on any atom is 0.243 e. The van der Waals surface area contributed by atoms with E-state index in [-0.39, 0.29) is 17.9 Å². The molecule has 0 radical (unpaired) electrons. The minimum Gasteiger partial charge on any atom is -0.352 e. The van der Waals surface area contributed by atoms with Crippen LogP contribution in [0.5, 0.6) is 0 Å². The van der Waals surface area contributed by atoms with E-state index in [1.54, 1.807) is 4.90 Å². The van der Waals surface area contributed by atoms with Crippen LogP contribution in [0.1, 0.15) is 82.1 Å². The van der Waals surface area contributed by atoms with E-state index in [9.17, 15) is 9.59 Å². The third-order valence-electron chi connectivity index (χ3n) is 6.26. The summed E-state index contributed by atoms with van der Waals surface area (Å²) in [6.45, 7) is 12.9. The third kappa shape index (κ3) is 7.22. The molecule has 32 heavy (non-hydrogen) atoms. The number of rotatable bonds is 11. The van der Waals surface area contributed by atoms with Gasteiger partial charge in [-0.3, -0.25) is 9.59 Å². The molecule has 2 amide bonds. The molecule has 0 fully saturated rings. The molecule has 0 saturated heterocycles. The van der Waals surface area contributed by atoms with Crippen LogP contribution in [-0.2, 0) is 22.6 Å². The minimum atomic E-state index is -0.473. The van der Waals surface area contributed by atoms with Gasteiger partial charge in [-0.05, 0) is 61.3 Å². The highest BCUT2D eigenvalue weighted by Crippen LogP contribution is 2.19. The van der Waals surface area contributed by atoms with Gasteiger partial charge in [-0.1, -0.05) is 76.2 Å². The molecule has 0 aromatic heterocycles. The summed E-state index contributed by atoms with van der Waals surface area (Å²) in [6.07, 6.45) is 2.51. The Morgan fingerprint density at radius 3 is 2.16 bits per heavy atom. The van der Waals surface area contributed by atoms with Gasteiger partial charge in [-0.25, -0.2) is 0 Å². The number of hydrogen-bond donors (Lipinski definition) is 1. The topological polar surface area (TPSA) is 49.4 Å². The molecule has 2 aromatic rings. The van der Waals surface area contributed by atoms with E-state index in [1.807, 2.05) is 39.0 Å². The van der Waals surface area contributed by atoms with Crippen LogP contribution in [0, 0.1) is 6.92 Å². The minimum absolute atomic E-state index is 0.0207. The van der Waals surface area contributed by atoms with Crippen molar-refractivity contribution in [1.82, 2.24) is 10.2 Å². The zero-order chi connectivity index (χ0) is 23.7. The van der Waals surface area contributed by atoms with Gasteiger partial charge in [-0.2, -0.15) is 0 Å². The lowest BCUT2D eigenvalue weighted by Gasteiger charge is -2.32. The summed E-state index contributed by atoms with van der Waals surface area (Å²) in [5.74, 6) is 0.446. The molecule has 4 nitrogen and oxygen atoms in total. The van der Waals surface area contributed by atoms with E-state index < -0.39 is 6.04 Å². The molecule has 0 aliphatic rings. The Bertz CT molecular complexity index is 873. The summed E-state index contributed by atoms with van der Waals surface area (Å²) in [6, 6.07) is 16.2. The first kappa shape index (κ1) is 25.6. The zero-order valence-corrected chi connectivity index (χ0v) is 20.7. The molecular weight excluding hydrogens is 396 g/mol. The van der Waals surface area contributed by atoms with Gasteiger partial charge < -0.3 is 10.2 Å². The van der Waals surface area contributed by atoms with Crippen molar-refractivity contribution in [3.63, 3.8) is 0 Å². The Balaban J connectivity index is 2.20. The Morgan fingerprint density at radius 1 is 0.938 bits per heavy atom. The Hall–Kier alpha value is -2.62. The monoisotopic (exact) mass is 436 g/mol. The summed E-state index contributed by atoms with van der Waals surface area (Å²) in [7, 11) is 0. The van der Waals surface area contributed by atoms with Crippen molar-refractivity contribution in [1.29, 1.82) is 0 Å². The number of aryl methyl sites for hydroxylation is 2. The SMILES string of the molecule is CC[C@H](C(=O)N[C@@H](C)CC)N(Cc1ccccc1C)C(=O)CCc1ccc(C(C)C)cc1. The van der Waals surface area contributed by atoms with E-state index in [1.165, 1.54) is 5.56 Å². The lowest BCUT2D eigenvalue weighted by atomic mass is 9.99. The molecule has 174 valence electrons. The van der Waals surface area contributed by atoms with Crippen LogP contribution in [0.3, 0.4) is 0 Å². The predicted molar refractivity (Wildman–Crippen MR) is 133 cm³/mol. The van der Waals surface area contributed by atoms with Gasteiger partial charge in [0.2, 0.25) is 11.8 Å². The first-order valence-electron chi connectivity index (χ1n) is 12.0. The highest BCUT2D eigenvalue weighted by Gasteiger charge is 2.29. The molecule has 0 heterocycles. The Morgan fingerprint density at radius 2 is 1.59 bits per heavy atom. The number of carbonyl (C=O) groups excluding carboxylic acids is 2. The maximum atomic E-state index is 13.4. The third-order valence-corrected chi connectivity index (χ3v) is 6.26. The van der Waals surface area contributed by atoms with Gasteiger partial charge in [0.05, 0.1) is 0 Å². The van der Waals surface area contributed by atoms with Crippen LogP contribution in [0.25, 0.3) is 0 Å². The van der Waals surface area contributed by atoms with Crippen LogP contribution in [0.4, 0.5) is 0 Å². The molecule has 2 rings (SSSR count). The number of benzene rings is 2. The van der Waals surface area contributed by atoms with Gasteiger partial charge in [0.15, 0.2) is 0 Å². The molecular formula is C28H40N2O2. The number of nitrogens with one attached hydrogen (secondary N) is 1. The molecule has 0 aliphatic heterocycles. The zero-order valence-electron chi connectivity index (χ0n) is 20.7. The van der Waals surface area contributed by atoms with Gasteiger partial charge in [0.1, 0.15) is 6.04 Å². The van der Waals surface area contributed by atoms with E-state index in [2.05, 4.69) is 56.4 Å². The number of amides is 2. The van der Waals surface area contributed by atoms with Crippen LogP contribution < -0.4 is 5.32 Å².